The molecule has 1 aromatic carbocycles. The third kappa shape index (κ3) is 2.91. The molecule has 1 aliphatic rings. The van der Waals surface area contributed by atoms with Gasteiger partial charge in [0.05, 0.1) is 0 Å². The van der Waals surface area contributed by atoms with E-state index in [4.69, 9.17) is 0 Å². The predicted molar refractivity (Wildman–Crippen MR) is 71.7 cm³/mol. The van der Waals surface area contributed by atoms with E-state index >= 15 is 0 Å². The highest BCUT2D eigenvalue weighted by Crippen LogP contribution is 2.29. The van der Waals surface area contributed by atoms with Gasteiger partial charge < -0.3 is 10.4 Å². The van der Waals surface area contributed by atoms with Crippen LogP contribution in [-0.2, 0) is 11.2 Å². The molecule has 1 aliphatic carbocycles. The van der Waals surface area contributed by atoms with Crippen molar-refractivity contribution in [3.63, 3.8) is 0 Å². The Morgan fingerprint density at radius 3 is 2.72 bits per heavy atom. The highest BCUT2D eigenvalue weighted by atomic mass is 16.4. The molecule has 1 fully saturated rings. The zero-order chi connectivity index (χ0) is 13.0. The van der Waals surface area contributed by atoms with Gasteiger partial charge in [0.1, 0.15) is 5.54 Å². The highest BCUT2D eigenvalue weighted by Gasteiger charge is 2.40. The molecule has 18 heavy (non-hydrogen) atoms. The van der Waals surface area contributed by atoms with Crippen molar-refractivity contribution < 1.29 is 9.90 Å². The molecule has 3 heteroatoms. The van der Waals surface area contributed by atoms with E-state index in [1.54, 1.807) is 0 Å². The average molecular weight is 247 g/mol. The van der Waals surface area contributed by atoms with E-state index < -0.39 is 11.5 Å². The first kappa shape index (κ1) is 13.1. The van der Waals surface area contributed by atoms with E-state index in [1.165, 1.54) is 11.1 Å². The van der Waals surface area contributed by atoms with E-state index in [-0.39, 0.29) is 0 Å². The van der Waals surface area contributed by atoms with Crippen LogP contribution in [0.3, 0.4) is 0 Å². The summed E-state index contributed by atoms with van der Waals surface area (Å²) in [6.07, 6.45) is 4.44. The van der Waals surface area contributed by atoms with Crippen molar-refractivity contribution in [3.8, 4) is 0 Å². The summed E-state index contributed by atoms with van der Waals surface area (Å²) in [4.78, 5) is 11.4. The summed E-state index contributed by atoms with van der Waals surface area (Å²) >= 11 is 0. The van der Waals surface area contributed by atoms with Crippen molar-refractivity contribution in [2.45, 2.75) is 44.6 Å². The minimum atomic E-state index is -0.691. The quantitative estimate of drug-likeness (QED) is 0.840. The Balaban J connectivity index is 1.89. The maximum absolute atomic E-state index is 11.4. The summed E-state index contributed by atoms with van der Waals surface area (Å²) in [7, 11) is 0. The highest BCUT2D eigenvalue weighted by molar-refractivity contribution is 5.79. The van der Waals surface area contributed by atoms with Gasteiger partial charge in [-0.1, -0.05) is 42.7 Å². The number of carbonyl (C=O) groups is 1. The van der Waals surface area contributed by atoms with Crippen molar-refractivity contribution in [3.05, 3.63) is 35.4 Å². The molecule has 0 aliphatic heterocycles. The van der Waals surface area contributed by atoms with Gasteiger partial charge in [-0.05, 0) is 31.7 Å². The number of aryl methyl sites for hydroxylation is 1. The van der Waals surface area contributed by atoms with E-state index in [0.717, 1.165) is 38.6 Å². The second-order valence-electron chi connectivity index (χ2n) is 5.26. The Labute approximate surface area is 108 Å². The summed E-state index contributed by atoms with van der Waals surface area (Å²) in [5.74, 6) is -0.691. The molecule has 0 spiro atoms. The number of rotatable bonds is 5. The number of nitrogens with one attached hydrogen (secondary N) is 1. The van der Waals surface area contributed by atoms with E-state index in [2.05, 4.69) is 30.4 Å². The lowest BCUT2D eigenvalue weighted by atomic mass is 9.97. The maximum atomic E-state index is 11.4. The molecule has 0 amide bonds. The van der Waals surface area contributed by atoms with Gasteiger partial charge in [-0.2, -0.15) is 0 Å². The number of hydrogen-bond donors (Lipinski definition) is 2. The SMILES string of the molecule is Cc1cccc(CCNC2(C(=O)O)CCCC2)c1. The van der Waals surface area contributed by atoms with Crippen LogP contribution in [0.1, 0.15) is 36.8 Å². The molecule has 0 heterocycles. The fourth-order valence-electron chi connectivity index (χ4n) is 2.76. The monoisotopic (exact) mass is 247 g/mol. The van der Waals surface area contributed by atoms with Crippen LogP contribution in [0.2, 0.25) is 0 Å². The van der Waals surface area contributed by atoms with Crippen molar-refractivity contribution in [2.24, 2.45) is 0 Å². The van der Waals surface area contributed by atoms with E-state index in [9.17, 15) is 9.90 Å². The Hall–Kier alpha value is -1.35. The summed E-state index contributed by atoms with van der Waals surface area (Å²) in [5.41, 5.74) is 1.85. The lowest BCUT2D eigenvalue weighted by Crippen LogP contribution is -2.50. The third-order valence-corrected chi connectivity index (χ3v) is 3.83. The van der Waals surface area contributed by atoms with Gasteiger partial charge in [0.2, 0.25) is 0 Å². The molecule has 0 aromatic heterocycles. The number of benzene rings is 1. The molecule has 1 saturated carbocycles. The van der Waals surface area contributed by atoms with Crippen molar-refractivity contribution in [2.75, 3.05) is 6.54 Å². The van der Waals surface area contributed by atoms with Gasteiger partial charge in [0.25, 0.3) is 0 Å². The van der Waals surface area contributed by atoms with Gasteiger partial charge >= 0.3 is 5.97 Å². The lowest BCUT2D eigenvalue weighted by Gasteiger charge is -2.25. The normalized spacial score (nSPS) is 17.8. The van der Waals surface area contributed by atoms with Gasteiger partial charge in [0, 0.05) is 6.54 Å². The van der Waals surface area contributed by atoms with Gasteiger partial charge in [-0.3, -0.25) is 4.79 Å². The minimum absolute atomic E-state index is 0.663. The number of hydrogen-bond acceptors (Lipinski definition) is 2. The second kappa shape index (κ2) is 5.53. The summed E-state index contributed by atoms with van der Waals surface area (Å²) in [6.45, 7) is 2.81. The third-order valence-electron chi connectivity index (χ3n) is 3.83. The second-order valence-corrected chi connectivity index (χ2v) is 5.26. The molecule has 0 atom stereocenters. The Kier molecular flexibility index (Phi) is 4.02. The van der Waals surface area contributed by atoms with Gasteiger partial charge in [-0.25, -0.2) is 0 Å². The van der Waals surface area contributed by atoms with Crippen LogP contribution < -0.4 is 5.32 Å². The van der Waals surface area contributed by atoms with Crippen LogP contribution in [0.5, 0.6) is 0 Å². The maximum Gasteiger partial charge on any atom is 0.323 e. The Bertz CT molecular complexity index is 422. The largest absolute Gasteiger partial charge is 0.480 e. The van der Waals surface area contributed by atoms with Crippen LogP contribution in [0.4, 0.5) is 0 Å². The van der Waals surface area contributed by atoms with E-state index in [0.29, 0.717) is 0 Å². The average Bonchev–Trinajstić information content (AvgIpc) is 2.79. The van der Waals surface area contributed by atoms with Crippen LogP contribution in [0.25, 0.3) is 0 Å². The van der Waals surface area contributed by atoms with Gasteiger partial charge in [-0.15, -0.1) is 0 Å². The standard InChI is InChI=1S/C15H21NO2/c1-12-5-4-6-13(11-12)7-10-16-15(14(17)18)8-2-3-9-15/h4-6,11,16H,2-3,7-10H2,1H3,(H,17,18). The van der Waals surface area contributed by atoms with Crippen molar-refractivity contribution >= 4 is 5.97 Å². The molecule has 1 aromatic rings. The molecule has 0 unspecified atom stereocenters. The van der Waals surface area contributed by atoms with Crippen LogP contribution in [-0.4, -0.2) is 23.2 Å². The van der Waals surface area contributed by atoms with Gasteiger partial charge in [0.15, 0.2) is 0 Å². The molecule has 0 saturated heterocycles. The fraction of sp³-hybridized carbons (Fsp3) is 0.533. The Morgan fingerprint density at radius 1 is 1.39 bits per heavy atom. The van der Waals surface area contributed by atoms with Crippen molar-refractivity contribution in [1.82, 2.24) is 5.32 Å². The number of carboxylic acid groups (broad SMARTS) is 1. The lowest BCUT2D eigenvalue weighted by molar-refractivity contribution is -0.144. The zero-order valence-electron chi connectivity index (χ0n) is 10.9. The molecule has 2 rings (SSSR count). The minimum Gasteiger partial charge on any atom is -0.480 e. The fourth-order valence-corrected chi connectivity index (χ4v) is 2.76. The predicted octanol–water partition coefficient (Wildman–Crippen LogP) is 2.52. The molecule has 0 radical (unpaired) electrons. The first-order valence-corrected chi connectivity index (χ1v) is 6.66. The summed E-state index contributed by atoms with van der Waals surface area (Å²) in [6, 6.07) is 8.38. The number of aliphatic carboxylic acids is 1. The van der Waals surface area contributed by atoms with Crippen LogP contribution in [0.15, 0.2) is 24.3 Å². The first-order valence-electron chi connectivity index (χ1n) is 6.66. The Morgan fingerprint density at radius 2 is 2.11 bits per heavy atom. The van der Waals surface area contributed by atoms with Crippen LogP contribution in [0, 0.1) is 6.92 Å². The van der Waals surface area contributed by atoms with E-state index in [1.807, 2.05) is 6.07 Å². The summed E-state index contributed by atoms with van der Waals surface area (Å²) < 4.78 is 0. The summed E-state index contributed by atoms with van der Waals surface area (Å²) in [5, 5.41) is 12.6. The molecule has 2 N–H and O–H groups in total. The topological polar surface area (TPSA) is 49.3 Å². The first-order chi connectivity index (χ1) is 8.62. The van der Waals surface area contributed by atoms with Crippen LogP contribution >= 0.6 is 0 Å². The van der Waals surface area contributed by atoms with Crippen molar-refractivity contribution in [1.29, 1.82) is 0 Å². The molecular weight excluding hydrogens is 226 g/mol. The molecule has 3 nitrogen and oxygen atoms in total. The smallest absolute Gasteiger partial charge is 0.323 e. The zero-order valence-corrected chi connectivity index (χ0v) is 10.9. The molecule has 98 valence electrons. The number of carboxylic acids is 1. The molecule has 0 bridgehead atoms. The molecular formula is C15H21NO2.